The zero-order valence-corrected chi connectivity index (χ0v) is 19.1. The van der Waals surface area contributed by atoms with Gasteiger partial charge in [-0.3, -0.25) is 0 Å². The molecule has 0 saturated heterocycles. The van der Waals surface area contributed by atoms with E-state index in [0.29, 0.717) is 0 Å². The number of benzene rings is 5. The fourth-order valence-corrected chi connectivity index (χ4v) is 11.1. The second-order valence-electron chi connectivity index (χ2n) is 8.57. The third kappa shape index (κ3) is 2.61. The summed E-state index contributed by atoms with van der Waals surface area (Å²) in [5.74, 6) is 0. The molecule has 0 nitrogen and oxygen atoms in total. The van der Waals surface area contributed by atoms with Crippen molar-refractivity contribution in [3.63, 3.8) is 0 Å². The molecule has 0 bridgehead atoms. The van der Waals surface area contributed by atoms with E-state index in [1.165, 1.54) is 48.6 Å². The van der Waals surface area contributed by atoms with Crippen molar-refractivity contribution in [1.82, 2.24) is 0 Å². The summed E-state index contributed by atoms with van der Waals surface area (Å²) in [5.41, 5.74) is 6.76. The van der Waals surface area contributed by atoms with Crippen LogP contribution >= 0.6 is 0 Å². The van der Waals surface area contributed by atoms with Gasteiger partial charge in [0.2, 0.25) is 0 Å². The van der Waals surface area contributed by atoms with Gasteiger partial charge in [-0.05, 0) is 49.9 Å². The fourth-order valence-electron chi connectivity index (χ4n) is 5.67. The van der Waals surface area contributed by atoms with E-state index < -0.39 is 8.07 Å². The minimum atomic E-state index is -2.57. The van der Waals surface area contributed by atoms with Gasteiger partial charge in [0.05, 0.1) is 0 Å². The Labute approximate surface area is 190 Å². The summed E-state index contributed by atoms with van der Waals surface area (Å²) >= 11 is 0. The highest BCUT2D eigenvalue weighted by atomic mass is 28.3. The summed E-state index contributed by atoms with van der Waals surface area (Å²) in [5, 5.41) is 5.84. The number of hydrogen-bond acceptors (Lipinski definition) is 0. The van der Waals surface area contributed by atoms with Crippen molar-refractivity contribution in [3.8, 4) is 22.3 Å². The van der Waals surface area contributed by atoms with Crippen LogP contribution in [0.3, 0.4) is 0 Å². The van der Waals surface area contributed by atoms with E-state index in [1.54, 1.807) is 0 Å². The maximum Gasteiger partial charge on any atom is 0.181 e. The van der Waals surface area contributed by atoms with Gasteiger partial charge in [0.15, 0.2) is 8.07 Å². The average Bonchev–Trinajstić information content (AvgIpc) is 2.98. The number of fused-ring (bicyclic) bond motifs is 5. The van der Waals surface area contributed by atoms with Crippen molar-refractivity contribution in [2.24, 2.45) is 0 Å². The Morgan fingerprint density at radius 2 is 0.875 bits per heavy atom. The summed E-state index contributed by atoms with van der Waals surface area (Å²) in [6.45, 7) is 2.29. The van der Waals surface area contributed by atoms with Crippen molar-refractivity contribution >= 4 is 28.8 Å². The van der Waals surface area contributed by atoms with E-state index in [-0.39, 0.29) is 0 Å². The Morgan fingerprint density at radius 3 is 1.50 bits per heavy atom. The Balaban J connectivity index is 1.92. The molecule has 0 spiro atoms. The molecule has 0 aromatic heterocycles. The van der Waals surface area contributed by atoms with Crippen LogP contribution in [0, 0.1) is 6.92 Å². The van der Waals surface area contributed by atoms with E-state index >= 15 is 0 Å². The predicted octanol–water partition coefficient (Wildman–Crippen LogP) is 5.02. The highest BCUT2D eigenvalue weighted by molar-refractivity contribution is 7.21. The summed E-state index contributed by atoms with van der Waals surface area (Å²) in [4.78, 5) is 0. The predicted molar refractivity (Wildman–Crippen MR) is 139 cm³/mol. The van der Waals surface area contributed by atoms with Crippen molar-refractivity contribution in [1.29, 1.82) is 0 Å². The van der Waals surface area contributed by atoms with Crippen LogP contribution in [-0.4, -0.2) is 8.07 Å². The molecule has 1 aliphatic rings. The zero-order valence-electron chi connectivity index (χ0n) is 18.1. The molecule has 0 fully saturated rings. The van der Waals surface area contributed by atoms with Gasteiger partial charge in [-0.25, -0.2) is 0 Å². The Bertz CT molecular complexity index is 1380. The largest absolute Gasteiger partial charge is 0.181 e. The normalized spacial score (nSPS) is 13.4. The van der Waals surface area contributed by atoms with Crippen LogP contribution in [0.1, 0.15) is 5.56 Å². The monoisotopic (exact) mass is 424 g/mol. The Hall–Kier alpha value is -3.68. The van der Waals surface area contributed by atoms with Crippen molar-refractivity contribution in [3.05, 3.63) is 133 Å². The number of hydrogen-bond donors (Lipinski definition) is 0. The molecule has 1 heterocycles. The molecule has 0 aliphatic carbocycles. The lowest BCUT2D eigenvalue weighted by molar-refractivity contribution is 1.50. The third-order valence-electron chi connectivity index (χ3n) is 6.90. The number of rotatable bonds is 2. The Kier molecular flexibility index (Phi) is 4.45. The molecule has 1 aliphatic heterocycles. The van der Waals surface area contributed by atoms with E-state index in [4.69, 9.17) is 0 Å². The van der Waals surface area contributed by atoms with E-state index in [9.17, 15) is 0 Å². The zero-order chi connectivity index (χ0) is 21.5. The summed E-state index contributed by atoms with van der Waals surface area (Å²) in [6, 6.07) is 47.4. The maximum atomic E-state index is 2.39. The van der Waals surface area contributed by atoms with E-state index in [0.717, 1.165) is 0 Å². The SMILES string of the molecule is Cc1cccc2c1[Si](c1ccccc1)(c1ccccc1)c1ccccc1-c1ccccc1-2. The highest BCUT2D eigenvalue weighted by Gasteiger charge is 2.46. The summed E-state index contributed by atoms with van der Waals surface area (Å²) in [7, 11) is -2.57. The first-order valence-electron chi connectivity index (χ1n) is 11.2. The summed E-state index contributed by atoms with van der Waals surface area (Å²) in [6.07, 6.45) is 0. The van der Waals surface area contributed by atoms with Crippen LogP contribution in [0.15, 0.2) is 127 Å². The minimum Gasteiger partial charge on any atom is -0.0623 e. The molecule has 0 atom stereocenters. The second-order valence-corrected chi connectivity index (χ2v) is 12.3. The van der Waals surface area contributed by atoms with Gasteiger partial charge < -0.3 is 0 Å². The lowest BCUT2D eigenvalue weighted by Crippen LogP contribution is -2.75. The molecule has 5 aromatic rings. The molecule has 6 rings (SSSR count). The third-order valence-corrected chi connectivity index (χ3v) is 12.0. The van der Waals surface area contributed by atoms with Gasteiger partial charge in [0.25, 0.3) is 0 Å². The van der Waals surface area contributed by atoms with Crippen LogP contribution in [0.5, 0.6) is 0 Å². The summed E-state index contributed by atoms with van der Waals surface area (Å²) < 4.78 is 0. The highest BCUT2D eigenvalue weighted by Crippen LogP contribution is 2.36. The smallest absolute Gasteiger partial charge is 0.0623 e. The van der Waals surface area contributed by atoms with Crippen LogP contribution in [-0.2, 0) is 0 Å². The molecule has 0 radical (unpaired) electrons. The van der Waals surface area contributed by atoms with Gasteiger partial charge in [0, 0.05) is 0 Å². The van der Waals surface area contributed by atoms with Crippen LogP contribution < -0.4 is 20.7 Å². The first kappa shape index (κ1) is 19.0. The molecule has 0 saturated carbocycles. The van der Waals surface area contributed by atoms with Gasteiger partial charge in [0.1, 0.15) is 0 Å². The first-order valence-corrected chi connectivity index (χ1v) is 13.2. The van der Waals surface area contributed by atoms with Crippen molar-refractivity contribution in [2.75, 3.05) is 0 Å². The van der Waals surface area contributed by atoms with Crippen LogP contribution in [0.2, 0.25) is 0 Å². The molecule has 0 unspecified atom stereocenters. The Morgan fingerprint density at radius 1 is 0.406 bits per heavy atom. The molecule has 0 N–H and O–H groups in total. The molecule has 0 amide bonds. The quantitative estimate of drug-likeness (QED) is 0.343. The van der Waals surface area contributed by atoms with Gasteiger partial charge >= 0.3 is 0 Å². The molecular formula is C31H24Si. The number of aryl methyl sites for hydroxylation is 1. The van der Waals surface area contributed by atoms with Crippen LogP contribution in [0.25, 0.3) is 22.3 Å². The van der Waals surface area contributed by atoms with E-state index in [2.05, 4.69) is 134 Å². The van der Waals surface area contributed by atoms with Gasteiger partial charge in [-0.2, -0.15) is 0 Å². The fraction of sp³-hybridized carbons (Fsp3) is 0.0323. The standard InChI is InChI=1S/C31H24Si/c1-23-13-12-21-29-27-19-9-8-18-26(27)28-20-10-11-22-30(28)32(31(23)29,24-14-4-2-5-15-24)25-16-6-3-7-17-25/h2-22H,1H3. The van der Waals surface area contributed by atoms with Gasteiger partial charge in [-0.1, -0.05) is 133 Å². The molecular weight excluding hydrogens is 400 g/mol. The van der Waals surface area contributed by atoms with Crippen LogP contribution in [0.4, 0.5) is 0 Å². The lowest BCUT2D eigenvalue weighted by Gasteiger charge is -2.36. The second kappa shape index (κ2) is 7.47. The average molecular weight is 425 g/mol. The van der Waals surface area contributed by atoms with Gasteiger partial charge in [-0.15, -0.1) is 0 Å². The minimum absolute atomic E-state index is 1.33. The molecule has 152 valence electrons. The molecule has 32 heavy (non-hydrogen) atoms. The first-order chi connectivity index (χ1) is 15.8. The molecule has 1 heteroatoms. The van der Waals surface area contributed by atoms with Crippen molar-refractivity contribution < 1.29 is 0 Å². The topological polar surface area (TPSA) is 0 Å². The molecule has 5 aromatic carbocycles. The van der Waals surface area contributed by atoms with Crippen molar-refractivity contribution in [2.45, 2.75) is 6.92 Å². The van der Waals surface area contributed by atoms with E-state index in [1.807, 2.05) is 0 Å². The lowest BCUT2D eigenvalue weighted by atomic mass is 9.94. The maximum absolute atomic E-state index is 2.57.